The molecule has 0 aliphatic heterocycles. The summed E-state index contributed by atoms with van der Waals surface area (Å²) in [5.74, 6) is 0.755. The topological polar surface area (TPSA) is 49.5 Å². The Bertz CT molecular complexity index is 193. The van der Waals surface area contributed by atoms with E-state index in [0.717, 1.165) is 31.7 Å². The smallest absolute Gasteiger partial charge is 0.0741 e. The van der Waals surface area contributed by atoms with Crippen LogP contribution in [0.1, 0.15) is 53.4 Å². The fourth-order valence-corrected chi connectivity index (χ4v) is 2.05. The fraction of sp³-hybridized carbons (Fsp3) is 1.00. The Labute approximate surface area is 107 Å². The number of nitrogens with two attached hydrogens (primary N) is 1. The Morgan fingerprint density at radius 1 is 1.24 bits per heavy atom. The average Bonchev–Trinajstić information content (AvgIpc) is 2.23. The summed E-state index contributed by atoms with van der Waals surface area (Å²) in [5, 5.41) is 9.78. The Kier molecular flexibility index (Phi) is 8.01. The van der Waals surface area contributed by atoms with E-state index in [2.05, 4.69) is 32.7 Å². The van der Waals surface area contributed by atoms with Crippen LogP contribution in [-0.4, -0.2) is 41.8 Å². The molecule has 0 amide bonds. The maximum absolute atomic E-state index is 9.78. The number of unbranched alkanes of at least 4 members (excludes halogenated alkanes) is 1. The monoisotopic (exact) mass is 244 g/mol. The summed E-state index contributed by atoms with van der Waals surface area (Å²) in [6.07, 6.45) is 4.23. The summed E-state index contributed by atoms with van der Waals surface area (Å²) in [6.45, 7) is 10.1. The van der Waals surface area contributed by atoms with Crippen LogP contribution in [0.3, 0.4) is 0 Å². The maximum Gasteiger partial charge on any atom is 0.0741 e. The van der Waals surface area contributed by atoms with Gasteiger partial charge in [0.25, 0.3) is 0 Å². The van der Waals surface area contributed by atoms with Crippen molar-refractivity contribution in [3.8, 4) is 0 Å². The van der Waals surface area contributed by atoms with E-state index in [9.17, 15) is 5.11 Å². The second-order valence-electron chi connectivity index (χ2n) is 6.12. The highest BCUT2D eigenvalue weighted by Gasteiger charge is 2.17. The van der Waals surface area contributed by atoms with Crippen molar-refractivity contribution >= 4 is 0 Å². The molecule has 0 radical (unpaired) electrons. The van der Waals surface area contributed by atoms with Gasteiger partial charge >= 0.3 is 0 Å². The van der Waals surface area contributed by atoms with Gasteiger partial charge in [-0.25, -0.2) is 0 Å². The average molecular weight is 244 g/mol. The quantitative estimate of drug-likeness (QED) is 0.612. The zero-order valence-corrected chi connectivity index (χ0v) is 12.4. The summed E-state index contributed by atoms with van der Waals surface area (Å²) in [4.78, 5) is 2.41. The molecule has 0 aliphatic rings. The highest BCUT2D eigenvalue weighted by atomic mass is 16.3. The lowest BCUT2D eigenvalue weighted by molar-refractivity contribution is 0.0562. The first-order valence-corrected chi connectivity index (χ1v) is 6.91. The molecule has 0 rings (SSSR count). The summed E-state index contributed by atoms with van der Waals surface area (Å²) >= 11 is 0. The Morgan fingerprint density at radius 2 is 1.82 bits per heavy atom. The molecule has 3 N–H and O–H groups in total. The van der Waals surface area contributed by atoms with Crippen molar-refractivity contribution in [3.05, 3.63) is 0 Å². The number of nitrogens with zero attached hydrogens (tertiary/aromatic N) is 1. The van der Waals surface area contributed by atoms with Gasteiger partial charge in [0, 0.05) is 12.6 Å². The van der Waals surface area contributed by atoms with Crippen molar-refractivity contribution in [2.24, 2.45) is 11.7 Å². The van der Waals surface area contributed by atoms with E-state index in [1.165, 1.54) is 6.42 Å². The van der Waals surface area contributed by atoms with Gasteiger partial charge in [-0.1, -0.05) is 13.8 Å². The van der Waals surface area contributed by atoms with Crippen molar-refractivity contribution in [2.75, 3.05) is 20.1 Å². The Morgan fingerprint density at radius 3 is 2.29 bits per heavy atom. The molecule has 0 heterocycles. The molecule has 3 nitrogen and oxygen atoms in total. The van der Waals surface area contributed by atoms with Gasteiger partial charge in [0.2, 0.25) is 0 Å². The highest BCUT2D eigenvalue weighted by Crippen LogP contribution is 2.14. The van der Waals surface area contributed by atoms with Gasteiger partial charge in [-0.3, -0.25) is 0 Å². The standard InChI is InChI=1S/C14H32N2O/c1-12(2)10-13(3)16(5)9-7-6-8-14(4,17)11-15/h12-13,17H,6-11,15H2,1-5H3. The third-order valence-electron chi connectivity index (χ3n) is 3.48. The van der Waals surface area contributed by atoms with Crippen LogP contribution in [0.4, 0.5) is 0 Å². The maximum atomic E-state index is 9.78. The largest absolute Gasteiger partial charge is 0.389 e. The van der Waals surface area contributed by atoms with Gasteiger partial charge in [0.1, 0.15) is 0 Å². The molecule has 3 heteroatoms. The zero-order valence-electron chi connectivity index (χ0n) is 12.4. The lowest BCUT2D eigenvalue weighted by atomic mass is 9.99. The number of hydrogen-bond acceptors (Lipinski definition) is 3. The summed E-state index contributed by atoms with van der Waals surface area (Å²) < 4.78 is 0. The van der Waals surface area contributed by atoms with E-state index in [1.54, 1.807) is 0 Å². The molecule has 0 aromatic carbocycles. The van der Waals surface area contributed by atoms with Crippen molar-refractivity contribution in [1.29, 1.82) is 0 Å². The number of aliphatic hydroxyl groups is 1. The number of rotatable bonds is 9. The minimum Gasteiger partial charge on any atom is -0.389 e. The first-order valence-electron chi connectivity index (χ1n) is 6.91. The van der Waals surface area contributed by atoms with E-state index >= 15 is 0 Å². The molecule has 0 saturated carbocycles. The molecule has 0 aromatic heterocycles. The van der Waals surface area contributed by atoms with Gasteiger partial charge in [0.15, 0.2) is 0 Å². The molecule has 17 heavy (non-hydrogen) atoms. The lowest BCUT2D eigenvalue weighted by Crippen LogP contribution is -2.34. The van der Waals surface area contributed by atoms with Crippen LogP contribution in [0, 0.1) is 5.92 Å². The minimum atomic E-state index is -0.678. The second kappa shape index (κ2) is 8.06. The first-order chi connectivity index (χ1) is 7.78. The molecule has 0 aromatic rings. The molecular weight excluding hydrogens is 212 g/mol. The molecule has 0 bridgehead atoms. The third-order valence-corrected chi connectivity index (χ3v) is 3.48. The molecule has 2 atom stereocenters. The summed E-state index contributed by atoms with van der Waals surface area (Å²) in [7, 11) is 2.19. The molecular formula is C14H32N2O. The molecule has 0 saturated heterocycles. The minimum absolute atomic E-state index is 0.354. The van der Waals surface area contributed by atoms with E-state index in [0.29, 0.717) is 12.6 Å². The third kappa shape index (κ3) is 8.58. The molecule has 0 aliphatic carbocycles. The van der Waals surface area contributed by atoms with Gasteiger partial charge in [-0.15, -0.1) is 0 Å². The number of hydrogen-bond donors (Lipinski definition) is 2. The fourth-order valence-electron chi connectivity index (χ4n) is 2.05. The van der Waals surface area contributed by atoms with Crippen LogP contribution < -0.4 is 5.73 Å². The molecule has 0 fully saturated rings. The first kappa shape index (κ1) is 16.9. The van der Waals surface area contributed by atoms with Gasteiger partial charge < -0.3 is 15.7 Å². The Hall–Kier alpha value is -0.120. The summed E-state index contributed by atoms with van der Waals surface area (Å²) in [6, 6.07) is 0.644. The highest BCUT2D eigenvalue weighted by molar-refractivity contribution is 4.73. The normalized spacial score (nSPS) is 17.5. The van der Waals surface area contributed by atoms with Crippen LogP contribution in [-0.2, 0) is 0 Å². The van der Waals surface area contributed by atoms with E-state index in [1.807, 2.05) is 6.92 Å². The van der Waals surface area contributed by atoms with Gasteiger partial charge in [-0.2, -0.15) is 0 Å². The van der Waals surface area contributed by atoms with Crippen molar-refractivity contribution in [1.82, 2.24) is 4.90 Å². The van der Waals surface area contributed by atoms with Crippen molar-refractivity contribution < 1.29 is 5.11 Å². The van der Waals surface area contributed by atoms with Crippen LogP contribution in [0.2, 0.25) is 0 Å². The van der Waals surface area contributed by atoms with Crippen molar-refractivity contribution in [3.63, 3.8) is 0 Å². The van der Waals surface area contributed by atoms with Crippen molar-refractivity contribution in [2.45, 2.75) is 65.0 Å². The van der Waals surface area contributed by atoms with E-state index < -0.39 is 5.60 Å². The molecule has 104 valence electrons. The van der Waals surface area contributed by atoms with Crippen LogP contribution in [0.5, 0.6) is 0 Å². The predicted octanol–water partition coefficient (Wildman–Crippen LogP) is 2.23. The molecule has 0 spiro atoms. The Balaban J connectivity index is 3.67. The molecule has 2 unspecified atom stereocenters. The van der Waals surface area contributed by atoms with E-state index in [-0.39, 0.29) is 0 Å². The van der Waals surface area contributed by atoms with E-state index in [4.69, 9.17) is 5.73 Å². The van der Waals surface area contributed by atoms with Crippen LogP contribution in [0.15, 0.2) is 0 Å². The van der Waals surface area contributed by atoms with Crippen LogP contribution >= 0.6 is 0 Å². The lowest BCUT2D eigenvalue weighted by Gasteiger charge is -2.27. The predicted molar refractivity (Wildman–Crippen MR) is 75.1 cm³/mol. The van der Waals surface area contributed by atoms with Crippen LogP contribution in [0.25, 0.3) is 0 Å². The summed E-state index contributed by atoms with van der Waals surface area (Å²) in [5.41, 5.74) is 4.81. The second-order valence-corrected chi connectivity index (χ2v) is 6.12. The van der Waals surface area contributed by atoms with Gasteiger partial charge in [0.05, 0.1) is 5.60 Å². The van der Waals surface area contributed by atoms with Gasteiger partial charge in [-0.05, 0) is 59.0 Å². The zero-order chi connectivity index (χ0) is 13.5. The SMILES string of the molecule is CC(C)CC(C)N(C)CCCCC(C)(O)CN.